The molecule has 0 amide bonds. The molecule has 0 atom stereocenters. The summed E-state index contributed by atoms with van der Waals surface area (Å²) in [6.45, 7) is 6.82. The van der Waals surface area contributed by atoms with Crippen LogP contribution in [0.3, 0.4) is 0 Å². The topological polar surface area (TPSA) is 15.8 Å². The number of allylic oxidation sites excluding steroid dienone is 1. The van der Waals surface area contributed by atoms with Crippen LogP contribution in [0.5, 0.6) is 0 Å². The second-order valence-corrected chi connectivity index (χ2v) is 12.0. The molecule has 1 N–H and O–H groups in total. The highest BCUT2D eigenvalue weighted by atomic mass is 32.1. The molecule has 2 heteroatoms. The molecule has 182 valence electrons. The van der Waals surface area contributed by atoms with Gasteiger partial charge < -0.3 is 4.98 Å². The van der Waals surface area contributed by atoms with Crippen LogP contribution in [0.1, 0.15) is 37.5 Å². The minimum absolute atomic E-state index is 0.00864. The summed E-state index contributed by atoms with van der Waals surface area (Å²) in [5.74, 6) is 0. The third-order valence-electron chi connectivity index (χ3n) is 8.50. The van der Waals surface area contributed by atoms with Gasteiger partial charge in [-0.25, -0.2) is 0 Å². The Balaban J connectivity index is 1.45. The normalized spacial score (nSPS) is 14.3. The summed E-state index contributed by atoms with van der Waals surface area (Å²) in [4.78, 5) is 3.69. The molecule has 1 aliphatic carbocycles. The van der Waals surface area contributed by atoms with E-state index in [2.05, 4.69) is 129 Å². The predicted octanol–water partition coefficient (Wildman–Crippen LogP) is 10.7. The molecular formula is C36H27NS. The van der Waals surface area contributed by atoms with E-state index < -0.39 is 0 Å². The number of thiophene rings is 1. The Morgan fingerprint density at radius 3 is 2.32 bits per heavy atom. The van der Waals surface area contributed by atoms with Crippen molar-refractivity contribution in [1.29, 1.82) is 0 Å². The van der Waals surface area contributed by atoms with Crippen LogP contribution in [0.25, 0.3) is 70.3 Å². The maximum atomic E-state index is 3.69. The maximum absolute atomic E-state index is 3.69. The summed E-state index contributed by atoms with van der Waals surface area (Å²) in [7, 11) is 0. The number of hydrogen-bond acceptors (Lipinski definition) is 1. The van der Waals surface area contributed by atoms with Crippen LogP contribution in [0.2, 0.25) is 0 Å². The number of H-pyrrole nitrogens is 1. The lowest BCUT2D eigenvalue weighted by atomic mass is 9.81. The molecule has 7 aromatic rings. The van der Waals surface area contributed by atoms with E-state index in [1.165, 1.54) is 80.9 Å². The smallest absolute Gasteiger partial charge is 0.0478 e. The second kappa shape index (κ2) is 7.69. The van der Waals surface area contributed by atoms with Crippen LogP contribution >= 0.6 is 11.3 Å². The predicted molar refractivity (Wildman–Crippen MR) is 166 cm³/mol. The summed E-state index contributed by atoms with van der Waals surface area (Å²) in [5, 5.41) is 5.33. The van der Waals surface area contributed by atoms with Gasteiger partial charge in [0.05, 0.1) is 0 Å². The van der Waals surface area contributed by atoms with Gasteiger partial charge in [0.25, 0.3) is 0 Å². The molecule has 1 aliphatic rings. The average molecular weight is 506 g/mol. The van der Waals surface area contributed by atoms with Gasteiger partial charge in [-0.2, -0.15) is 0 Å². The van der Waals surface area contributed by atoms with Crippen molar-refractivity contribution in [3.8, 4) is 22.3 Å². The van der Waals surface area contributed by atoms with Crippen LogP contribution in [0, 0.1) is 0 Å². The number of aromatic amines is 1. The van der Waals surface area contributed by atoms with Crippen molar-refractivity contribution in [2.45, 2.75) is 26.2 Å². The zero-order chi connectivity index (χ0) is 25.6. The van der Waals surface area contributed by atoms with Crippen molar-refractivity contribution in [1.82, 2.24) is 4.98 Å². The molecule has 0 saturated heterocycles. The van der Waals surface area contributed by atoms with Gasteiger partial charge in [-0.15, -0.1) is 11.3 Å². The molecular weight excluding hydrogens is 478 g/mol. The second-order valence-electron chi connectivity index (χ2n) is 11.0. The summed E-state index contributed by atoms with van der Waals surface area (Å²) in [6, 6.07) is 33.8. The first-order valence-corrected chi connectivity index (χ1v) is 14.1. The van der Waals surface area contributed by atoms with Gasteiger partial charge in [0.1, 0.15) is 0 Å². The molecule has 0 spiro atoms. The highest BCUT2D eigenvalue weighted by Gasteiger charge is 2.35. The zero-order valence-electron chi connectivity index (χ0n) is 21.7. The van der Waals surface area contributed by atoms with Crippen molar-refractivity contribution >= 4 is 59.4 Å². The van der Waals surface area contributed by atoms with Crippen LogP contribution in [0.15, 0.2) is 97.1 Å². The molecule has 8 rings (SSSR count). The van der Waals surface area contributed by atoms with Crippen molar-refractivity contribution < 1.29 is 0 Å². The van der Waals surface area contributed by atoms with E-state index >= 15 is 0 Å². The Morgan fingerprint density at radius 1 is 0.658 bits per heavy atom. The Hall–Kier alpha value is -4.14. The molecule has 0 aliphatic heterocycles. The molecule has 2 aromatic heterocycles. The fourth-order valence-corrected chi connectivity index (χ4v) is 8.07. The van der Waals surface area contributed by atoms with Crippen molar-refractivity contribution in [3.63, 3.8) is 0 Å². The number of para-hydroxylation sites is 1. The van der Waals surface area contributed by atoms with Gasteiger partial charge in [-0.3, -0.25) is 0 Å². The van der Waals surface area contributed by atoms with E-state index in [1.807, 2.05) is 11.3 Å². The molecule has 2 heterocycles. The van der Waals surface area contributed by atoms with E-state index in [4.69, 9.17) is 0 Å². The number of nitrogens with one attached hydrogen (secondary N) is 1. The number of benzene rings is 5. The standard InChI is InChI=1S/C36H27NS/c1-4-10-22-20-31-32(26-12-6-8-16-30(26)37-31)33-27-14-9-13-23(35(27)38-34(22)33)21-17-18-25-24-11-5-7-15-28(24)36(2,3)29(25)19-21/h4-20,37H,1-3H3/b10-4+. The van der Waals surface area contributed by atoms with Crippen molar-refractivity contribution in [2.75, 3.05) is 0 Å². The minimum atomic E-state index is -0.00864. The van der Waals surface area contributed by atoms with Crippen molar-refractivity contribution in [2.24, 2.45) is 0 Å². The van der Waals surface area contributed by atoms with Gasteiger partial charge in [-0.05, 0) is 64.1 Å². The monoisotopic (exact) mass is 505 g/mol. The van der Waals surface area contributed by atoms with E-state index in [-0.39, 0.29) is 5.41 Å². The first-order valence-electron chi connectivity index (χ1n) is 13.3. The fourth-order valence-electron chi connectivity index (χ4n) is 6.73. The van der Waals surface area contributed by atoms with Crippen molar-refractivity contribution in [3.05, 3.63) is 114 Å². The van der Waals surface area contributed by atoms with Crippen LogP contribution in [0.4, 0.5) is 0 Å². The molecule has 38 heavy (non-hydrogen) atoms. The minimum Gasteiger partial charge on any atom is -0.354 e. The summed E-state index contributed by atoms with van der Waals surface area (Å²) in [5.41, 5.74) is 11.9. The number of hydrogen-bond donors (Lipinski definition) is 1. The number of rotatable bonds is 2. The van der Waals surface area contributed by atoms with Gasteiger partial charge >= 0.3 is 0 Å². The van der Waals surface area contributed by atoms with Gasteiger partial charge in [-0.1, -0.05) is 98.8 Å². The zero-order valence-corrected chi connectivity index (χ0v) is 22.5. The first kappa shape index (κ1) is 21.9. The summed E-state index contributed by atoms with van der Waals surface area (Å²) < 4.78 is 2.72. The summed E-state index contributed by atoms with van der Waals surface area (Å²) in [6.07, 6.45) is 4.40. The average Bonchev–Trinajstić information content (AvgIpc) is 3.57. The van der Waals surface area contributed by atoms with E-state index in [0.29, 0.717) is 0 Å². The quantitative estimate of drug-likeness (QED) is 0.240. The van der Waals surface area contributed by atoms with E-state index in [9.17, 15) is 0 Å². The number of fused-ring (bicyclic) bond motifs is 10. The molecule has 0 radical (unpaired) electrons. The number of aromatic nitrogens is 1. The Labute approximate surface area is 226 Å². The molecule has 0 unspecified atom stereocenters. The molecule has 0 fully saturated rings. The largest absolute Gasteiger partial charge is 0.354 e. The highest BCUT2D eigenvalue weighted by Crippen LogP contribution is 2.51. The van der Waals surface area contributed by atoms with E-state index in [0.717, 1.165) is 0 Å². The maximum Gasteiger partial charge on any atom is 0.0478 e. The Morgan fingerprint density at radius 2 is 1.42 bits per heavy atom. The van der Waals surface area contributed by atoms with Crippen LogP contribution < -0.4 is 0 Å². The van der Waals surface area contributed by atoms with Gasteiger partial charge in [0, 0.05) is 47.4 Å². The molecule has 5 aromatic carbocycles. The highest BCUT2D eigenvalue weighted by molar-refractivity contribution is 7.26. The van der Waals surface area contributed by atoms with Gasteiger partial charge in [0.15, 0.2) is 0 Å². The van der Waals surface area contributed by atoms with Gasteiger partial charge in [0.2, 0.25) is 0 Å². The molecule has 0 bridgehead atoms. The Bertz CT molecular complexity index is 2120. The lowest BCUT2D eigenvalue weighted by Gasteiger charge is -2.22. The lowest BCUT2D eigenvalue weighted by Crippen LogP contribution is -2.14. The molecule has 0 saturated carbocycles. The van der Waals surface area contributed by atoms with E-state index in [1.54, 1.807) is 0 Å². The third-order valence-corrected chi connectivity index (χ3v) is 9.79. The van der Waals surface area contributed by atoms with Crippen LogP contribution in [-0.4, -0.2) is 4.98 Å². The SMILES string of the molecule is C/C=C/c1cc2[nH]c3ccccc3c2c2c1sc1c(-c3ccc4c(c3)C(C)(C)c3ccccc3-4)cccc12. The Kier molecular flexibility index (Phi) is 4.43. The first-order chi connectivity index (χ1) is 18.6. The third kappa shape index (κ3) is 2.81. The summed E-state index contributed by atoms with van der Waals surface area (Å²) >= 11 is 1.93. The molecule has 1 nitrogen and oxygen atoms in total. The lowest BCUT2D eigenvalue weighted by molar-refractivity contribution is 0.660. The van der Waals surface area contributed by atoms with Crippen LogP contribution in [-0.2, 0) is 5.41 Å². The fraction of sp³-hybridized carbons (Fsp3) is 0.111.